The first-order valence-electron chi connectivity index (χ1n) is 9.75. The summed E-state index contributed by atoms with van der Waals surface area (Å²) in [7, 11) is 0. The van der Waals surface area contributed by atoms with Gasteiger partial charge < -0.3 is 14.8 Å². The van der Waals surface area contributed by atoms with Gasteiger partial charge in [-0.1, -0.05) is 24.3 Å². The molecular formula is C22H25FN2O4S. The maximum absolute atomic E-state index is 12.9. The number of esters is 1. The number of ether oxygens (including phenoxy) is 2. The molecule has 0 aromatic heterocycles. The van der Waals surface area contributed by atoms with E-state index in [1.807, 2.05) is 24.3 Å². The van der Waals surface area contributed by atoms with Gasteiger partial charge in [0.1, 0.15) is 5.82 Å². The Kier molecular flexibility index (Phi) is 8.67. The lowest BCUT2D eigenvalue weighted by Crippen LogP contribution is -2.35. The van der Waals surface area contributed by atoms with E-state index in [1.165, 1.54) is 29.5 Å². The summed E-state index contributed by atoms with van der Waals surface area (Å²) in [5.74, 6) is -0.439. The monoisotopic (exact) mass is 432 g/mol. The molecule has 1 aliphatic rings. The normalized spacial score (nSPS) is 14.3. The first kappa shape index (κ1) is 22.3. The van der Waals surface area contributed by atoms with Gasteiger partial charge in [-0.25, -0.2) is 4.39 Å². The third-order valence-corrected chi connectivity index (χ3v) is 5.49. The summed E-state index contributed by atoms with van der Waals surface area (Å²) in [6.45, 7) is 3.89. The molecule has 160 valence electrons. The Balaban J connectivity index is 1.32. The average molecular weight is 433 g/mol. The van der Waals surface area contributed by atoms with E-state index in [-0.39, 0.29) is 24.1 Å². The summed E-state index contributed by atoms with van der Waals surface area (Å²) in [6, 6.07) is 13.7. The fourth-order valence-corrected chi connectivity index (χ4v) is 3.71. The van der Waals surface area contributed by atoms with E-state index in [1.54, 1.807) is 12.1 Å². The number of carbonyl (C=O) groups is 2. The highest BCUT2D eigenvalue weighted by Crippen LogP contribution is 2.14. The summed E-state index contributed by atoms with van der Waals surface area (Å²) in [5, 5.41) is 2.72. The Labute approximate surface area is 179 Å². The smallest absolute Gasteiger partial charge is 0.316 e. The van der Waals surface area contributed by atoms with Crippen LogP contribution in [0.2, 0.25) is 0 Å². The highest BCUT2D eigenvalue weighted by Gasteiger charge is 2.11. The number of rotatable bonds is 9. The van der Waals surface area contributed by atoms with Gasteiger partial charge in [0.05, 0.1) is 19.0 Å². The van der Waals surface area contributed by atoms with Crippen LogP contribution in [0.3, 0.4) is 0 Å². The zero-order valence-corrected chi connectivity index (χ0v) is 17.5. The lowest BCUT2D eigenvalue weighted by molar-refractivity contribution is -0.144. The quantitative estimate of drug-likeness (QED) is 0.615. The van der Waals surface area contributed by atoms with Crippen molar-refractivity contribution in [3.05, 3.63) is 65.5 Å². The number of nitrogens with one attached hydrogen (secondary N) is 1. The summed E-state index contributed by atoms with van der Waals surface area (Å²) < 4.78 is 23.2. The van der Waals surface area contributed by atoms with Crippen molar-refractivity contribution in [1.29, 1.82) is 0 Å². The number of thioether (sulfide) groups is 1. The Morgan fingerprint density at radius 1 is 1.03 bits per heavy atom. The van der Waals surface area contributed by atoms with Crippen molar-refractivity contribution in [3.63, 3.8) is 0 Å². The second-order valence-corrected chi connectivity index (χ2v) is 7.90. The van der Waals surface area contributed by atoms with Crippen LogP contribution in [0.15, 0.2) is 48.5 Å². The number of nitrogens with zero attached hydrogens (tertiary/aromatic N) is 1. The zero-order valence-electron chi connectivity index (χ0n) is 16.6. The molecule has 0 spiro atoms. The number of amides is 1. The molecule has 0 bridgehead atoms. The topological polar surface area (TPSA) is 67.9 Å². The van der Waals surface area contributed by atoms with Gasteiger partial charge in [-0.2, -0.15) is 0 Å². The molecule has 0 radical (unpaired) electrons. The Bertz CT molecular complexity index is 824. The largest absolute Gasteiger partial charge is 0.455 e. The van der Waals surface area contributed by atoms with Crippen molar-refractivity contribution in [3.8, 4) is 0 Å². The Hall–Kier alpha value is -2.42. The zero-order chi connectivity index (χ0) is 21.2. The van der Waals surface area contributed by atoms with E-state index in [0.29, 0.717) is 11.4 Å². The summed E-state index contributed by atoms with van der Waals surface area (Å²) in [5.41, 5.74) is 2.75. The summed E-state index contributed by atoms with van der Waals surface area (Å²) in [6.07, 6.45) is 0. The van der Waals surface area contributed by atoms with Gasteiger partial charge in [0.25, 0.3) is 5.91 Å². The maximum Gasteiger partial charge on any atom is 0.316 e. The number of benzene rings is 2. The second kappa shape index (κ2) is 11.7. The van der Waals surface area contributed by atoms with Gasteiger partial charge >= 0.3 is 5.97 Å². The average Bonchev–Trinajstić information content (AvgIpc) is 2.76. The van der Waals surface area contributed by atoms with Crippen LogP contribution in [-0.4, -0.2) is 55.4 Å². The van der Waals surface area contributed by atoms with Crippen molar-refractivity contribution in [2.24, 2.45) is 0 Å². The van der Waals surface area contributed by atoms with Crippen molar-refractivity contribution in [2.75, 3.05) is 44.0 Å². The van der Waals surface area contributed by atoms with Crippen molar-refractivity contribution >= 4 is 29.3 Å². The van der Waals surface area contributed by atoms with Crippen LogP contribution in [0.5, 0.6) is 0 Å². The van der Waals surface area contributed by atoms with Crippen LogP contribution < -0.4 is 5.32 Å². The minimum Gasteiger partial charge on any atom is -0.455 e. The molecule has 0 saturated carbocycles. The van der Waals surface area contributed by atoms with Gasteiger partial charge in [-0.15, -0.1) is 11.8 Å². The standard InChI is InChI=1S/C22H25FN2O4S/c23-19-5-1-18(2-6-19)15-30-16-22(27)29-14-21(26)24-20-7-3-17(4-8-20)13-25-9-11-28-12-10-25/h1-8H,9-16H2,(H,24,26). The van der Waals surface area contributed by atoms with E-state index in [4.69, 9.17) is 9.47 Å². The molecule has 1 heterocycles. The summed E-state index contributed by atoms with van der Waals surface area (Å²) in [4.78, 5) is 26.1. The SMILES string of the molecule is O=C(COC(=O)CSCc1ccc(F)cc1)Nc1ccc(CN2CCOCC2)cc1. The van der Waals surface area contributed by atoms with Gasteiger partial charge in [0.2, 0.25) is 0 Å². The van der Waals surface area contributed by atoms with Crippen LogP contribution in [-0.2, 0) is 31.4 Å². The molecule has 3 rings (SSSR count). The molecule has 0 aliphatic carbocycles. The predicted octanol–water partition coefficient (Wildman–Crippen LogP) is 3.07. The molecule has 1 amide bonds. The molecule has 2 aromatic carbocycles. The van der Waals surface area contributed by atoms with Crippen molar-refractivity contribution < 1.29 is 23.5 Å². The molecule has 6 nitrogen and oxygen atoms in total. The van der Waals surface area contributed by atoms with E-state index in [9.17, 15) is 14.0 Å². The molecule has 2 aromatic rings. The van der Waals surface area contributed by atoms with Crippen LogP contribution >= 0.6 is 11.8 Å². The number of hydrogen-bond acceptors (Lipinski definition) is 6. The Morgan fingerprint density at radius 3 is 2.40 bits per heavy atom. The fourth-order valence-electron chi connectivity index (χ4n) is 2.93. The lowest BCUT2D eigenvalue weighted by atomic mass is 10.2. The minimum atomic E-state index is -0.460. The third-order valence-electron chi connectivity index (χ3n) is 4.51. The highest BCUT2D eigenvalue weighted by atomic mass is 32.2. The number of carbonyl (C=O) groups excluding carboxylic acids is 2. The third kappa shape index (κ3) is 7.78. The first-order valence-corrected chi connectivity index (χ1v) is 10.9. The molecule has 0 atom stereocenters. The summed E-state index contributed by atoms with van der Waals surface area (Å²) >= 11 is 1.35. The van der Waals surface area contributed by atoms with Gasteiger partial charge in [0.15, 0.2) is 6.61 Å². The van der Waals surface area contributed by atoms with E-state index in [0.717, 1.165) is 38.4 Å². The van der Waals surface area contributed by atoms with Crippen LogP contribution in [0, 0.1) is 5.82 Å². The van der Waals surface area contributed by atoms with Crippen molar-refractivity contribution in [2.45, 2.75) is 12.3 Å². The fraction of sp³-hybridized carbons (Fsp3) is 0.364. The number of halogens is 1. The molecule has 1 N–H and O–H groups in total. The molecule has 30 heavy (non-hydrogen) atoms. The first-order chi connectivity index (χ1) is 14.6. The molecule has 1 aliphatic heterocycles. The highest BCUT2D eigenvalue weighted by molar-refractivity contribution is 7.99. The Morgan fingerprint density at radius 2 is 1.70 bits per heavy atom. The number of morpholine rings is 1. The number of anilines is 1. The van der Waals surface area contributed by atoms with Crippen LogP contribution in [0.4, 0.5) is 10.1 Å². The van der Waals surface area contributed by atoms with Crippen LogP contribution in [0.25, 0.3) is 0 Å². The molecule has 0 unspecified atom stereocenters. The molecule has 8 heteroatoms. The number of hydrogen-bond donors (Lipinski definition) is 1. The minimum absolute atomic E-state index is 0.126. The van der Waals surface area contributed by atoms with Gasteiger partial charge in [-0.05, 0) is 35.4 Å². The van der Waals surface area contributed by atoms with E-state index >= 15 is 0 Å². The van der Waals surface area contributed by atoms with Gasteiger partial charge in [0, 0.05) is 31.1 Å². The lowest BCUT2D eigenvalue weighted by Gasteiger charge is -2.26. The molecule has 1 saturated heterocycles. The van der Waals surface area contributed by atoms with Gasteiger partial charge in [-0.3, -0.25) is 14.5 Å². The molecule has 1 fully saturated rings. The molecular weight excluding hydrogens is 407 g/mol. The van der Waals surface area contributed by atoms with E-state index in [2.05, 4.69) is 10.2 Å². The van der Waals surface area contributed by atoms with Crippen LogP contribution in [0.1, 0.15) is 11.1 Å². The van der Waals surface area contributed by atoms with Crippen molar-refractivity contribution in [1.82, 2.24) is 4.90 Å². The predicted molar refractivity (Wildman–Crippen MR) is 115 cm³/mol. The maximum atomic E-state index is 12.9. The van der Waals surface area contributed by atoms with E-state index < -0.39 is 5.97 Å². The second-order valence-electron chi connectivity index (χ2n) is 6.91.